The molecular formula is C9H8ClN3O2. The van der Waals surface area contributed by atoms with Crippen LogP contribution >= 0.6 is 11.6 Å². The monoisotopic (exact) mass is 225 g/mol. The predicted octanol–water partition coefficient (Wildman–Crippen LogP) is 1.40. The molecule has 0 saturated carbocycles. The first-order valence-corrected chi connectivity index (χ1v) is 4.75. The number of rotatable bonds is 3. The van der Waals surface area contributed by atoms with Crippen molar-refractivity contribution in [2.45, 2.75) is 12.8 Å². The van der Waals surface area contributed by atoms with Gasteiger partial charge in [-0.1, -0.05) is 11.6 Å². The van der Waals surface area contributed by atoms with Gasteiger partial charge in [0.25, 0.3) is 0 Å². The first kappa shape index (κ1) is 9.92. The molecule has 0 atom stereocenters. The van der Waals surface area contributed by atoms with Crippen LogP contribution < -0.4 is 0 Å². The third-order valence-corrected chi connectivity index (χ3v) is 2.23. The maximum Gasteiger partial charge on any atom is 0.303 e. The minimum Gasteiger partial charge on any atom is -0.481 e. The lowest BCUT2D eigenvalue weighted by molar-refractivity contribution is -0.136. The molecule has 2 aromatic heterocycles. The third-order valence-electron chi connectivity index (χ3n) is 2.02. The number of nitrogens with zero attached hydrogens (tertiary/aromatic N) is 3. The van der Waals surface area contributed by atoms with Crippen LogP contribution in [0.25, 0.3) is 5.65 Å². The van der Waals surface area contributed by atoms with Gasteiger partial charge in [0, 0.05) is 18.2 Å². The molecule has 5 nitrogen and oxygen atoms in total. The number of aromatic nitrogens is 3. The average molecular weight is 226 g/mol. The molecule has 0 aliphatic carbocycles. The van der Waals surface area contributed by atoms with Crippen LogP contribution in [0.5, 0.6) is 0 Å². The molecule has 2 rings (SSSR count). The van der Waals surface area contributed by atoms with E-state index in [-0.39, 0.29) is 6.42 Å². The van der Waals surface area contributed by atoms with Gasteiger partial charge in [-0.2, -0.15) is 5.10 Å². The smallest absolute Gasteiger partial charge is 0.303 e. The molecule has 1 N–H and O–H groups in total. The summed E-state index contributed by atoms with van der Waals surface area (Å²) in [4.78, 5) is 14.5. The number of halogens is 1. The molecule has 2 aromatic rings. The van der Waals surface area contributed by atoms with Crippen LogP contribution in [0.4, 0.5) is 0 Å². The van der Waals surface area contributed by atoms with Crippen LogP contribution in [-0.4, -0.2) is 25.7 Å². The van der Waals surface area contributed by atoms with Gasteiger partial charge < -0.3 is 5.11 Å². The Hall–Kier alpha value is -1.62. The highest BCUT2D eigenvalue weighted by molar-refractivity contribution is 6.29. The second-order valence-corrected chi connectivity index (χ2v) is 3.47. The molecule has 0 aliphatic heterocycles. The lowest BCUT2D eigenvalue weighted by Crippen LogP contribution is -1.98. The van der Waals surface area contributed by atoms with Crippen LogP contribution in [0.15, 0.2) is 18.5 Å². The van der Waals surface area contributed by atoms with Gasteiger partial charge >= 0.3 is 5.97 Å². The summed E-state index contributed by atoms with van der Waals surface area (Å²) in [5.41, 5.74) is 1.41. The van der Waals surface area contributed by atoms with Crippen molar-refractivity contribution in [3.63, 3.8) is 0 Å². The van der Waals surface area contributed by atoms with E-state index in [1.165, 1.54) is 0 Å². The standard InChI is InChI=1S/C9H8ClN3O2/c10-7-3-4-13-9(12-7)6(5-11-13)1-2-8(14)15/h3-5H,1-2H2,(H,14,15). The summed E-state index contributed by atoms with van der Waals surface area (Å²) < 4.78 is 1.57. The van der Waals surface area contributed by atoms with Crippen LogP contribution in [0.1, 0.15) is 12.0 Å². The van der Waals surface area contributed by atoms with Crippen LogP contribution in [0.2, 0.25) is 5.15 Å². The molecular weight excluding hydrogens is 218 g/mol. The van der Waals surface area contributed by atoms with E-state index in [1.807, 2.05) is 0 Å². The maximum absolute atomic E-state index is 10.4. The topological polar surface area (TPSA) is 67.5 Å². The molecule has 0 aliphatic rings. The van der Waals surface area contributed by atoms with Gasteiger partial charge in [0.2, 0.25) is 0 Å². The Morgan fingerprint density at radius 2 is 2.40 bits per heavy atom. The molecule has 0 aromatic carbocycles. The summed E-state index contributed by atoms with van der Waals surface area (Å²) in [6.07, 6.45) is 3.78. The van der Waals surface area contributed by atoms with Crippen molar-refractivity contribution in [2.75, 3.05) is 0 Å². The molecule has 0 unspecified atom stereocenters. The number of carboxylic acid groups (broad SMARTS) is 1. The van der Waals surface area contributed by atoms with Gasteiger partial charge in [-0.05, 0) is 12.5 Å². The average Bonchev–Trinajstić information content (AvgIpc) is 2.57. The fourth-order valence-corrected chi connectivity index (χ4v) is 1.45. The molecule has 2 heterocycles. The van der Waals surface area contributed by atoms with Gasteiger partial charge in [-0.25, -0.2) is 9.50 Å². The second kappa shape index (κ2) is 3.86. The van der Waals surface area contributed by atoms with Gasteiger partial charge in [0.15, 0.2) is 5.65 Å². The third kappa shape index (κ3) is 2.07. The first-order chi connectivity index (χ1) is 7.16. The Balaban J connectivity index is 2.35. The fraction of sp³-hybridized carbons (Fsp3) is 0.222. The summed E-state index contributed by atoms with van der Waals surface area (Å²) in [6.45, 7) is 0. The number of hydrogen-bond acceptors (Lipinski definition) is 3. The summed E-state index contributed by atoms with van der Waals surface area (Å²) >= 11 is 5.74. The van der Waals surface area contributed by atoms with Crippen LogP contribution in [0, 0.1) is 0 Å². The molecule has 6 heteroatoms. The predicted molar refractivity (Wildman–Crippen MR) is 54.0 cm³/mol. The number of fused-ring (bicyclic) bond motifs is 1. The number of carbonyl (C=O) groups is 1. The van der Waals surface area contributed by atoms with Crippen molar-refractivity contribution >= 4 is 23.2 Å². The molecule has 0 amide bonds. The zero-order chi connectivity index (χ0) is 10.8. The molecule has 0 spiro atoms. The summed E-state index contributed by atoms with van der Waals surface area (Å²) in [6, 6.07) is 1.63. The van der Waals surface area contributed by atoms with Crippen molar-refractivity contribution in [3.05, 3.63) is 29.2 Å². The Morgan fingerprint density at radius 3 is 3.13 bits per heavy atom. The highest BCUT2D eigenvalue weighted by Crippen LogP contribution is 2.13. The summed E-state index contributed by atoms with van der Waals surface area (Å²) in [5.74, 6) is -0.837. The zero-order valence-electron chi connectivity index (χ0n) is 7.72. The summed E-state index contributed by atoms with van der Waals surface area (Å²) in [5, 5.41) is 13.0. The summed E-state index contributed by atoms with van der Waals surface area (Å²) in [7, 11) is 0. The van der Waals surface area contributed by atoms with Crippen molar-refractivity contribution in [1.82, 2.24) is 14.6 Å². The quantitative estimate of drug-likeness (QED) is 0.802. The Morgan fingerprint density at radius 1 is 1.60 bits per heavy atom. The van der Waals surface area contributed by atoms with E-state index in [1.54, 1.807) is 23.0 Å². The minimum absolute atomic E-state index is 0.0650. The molecule has 0 radical (unpaired) electrons. The van der Waals surface area contributed by atoms with E-state index in [0.717, 1.165) is 5.56 Å². The maximum atomic E-state index is 10.4. The van der Waals surface area contributed by atoms with E-state index in [4.69, 9.17) is 16.7 Å². The van der Waals surface area contributed by atoms with E-state index in [9.17, 15) is 4.79 Å². The van der Waals surface area contributed by atoms with Gasteiger partial charge in [0.05, 0.1) is 6.20 Å². The highest BCUT2D eigenvalue weighted by Gasteiger charge is 2.07. The van der Waals surface area contributed by atoms with E-state index < -0.39 is 5.97 Å². The first-order valence-electron chi connectivity index (χ1n) is 4.37. The molecule has 0 saturated heterocycles. The second-order valence-electron chi connectivity index (χ2n) is 3.08. The number of aryl methyl sites for hydroxylation is 1. The van der Waals surface area contributed by atoms with Gasteiger partial charge in [-0.15, -0.1) is 0 Å². The zero-order valence-corrected chi connectivity index (χ0v) is 8.48. The minimum atomic E-state index is -0.837. The molecule has 78 valence electrons. The van der Waals surface area contributed by atoms with Crippen molar-refractivity contribution in [1.29, 1.82) is 0 Å². The lowest BCUT2D eigenvalue weighted by Gasteiger charge is -1.96. The van der Waals surface area contributed by atoms with Gasteiger partial charge in [-0.3, -0.25) is 4.79 Å². The SMILES string of the molecule is O=C(O)CCc1cnn2ccc(Cl)nc12. The highest BCUT2D eigenvalue weighted by atomic mass is 35.5. The number of carboxylic acids is 1. The van der Waals surface area contributed by atoms with Crippen molar-refractivity contribution < 1.29 is 9.90 Å². The van der Waals surface area contributed by atoms with Gasteiger partial charge in [0.1, 0.15) is 5.15 Å². The fourth-order valence-electron chi connectivity index (χ4n) is 1.31. The Kier molecular flexibility index (Phi) is 2.55. The van der Waals surface area contributed by atoms with E-state index in [2.05, 4.69) is 10.1 Å². The Bertz CT molecular complexity index is 509. The molecule has 0 fully saturated rings. The lowest BCUT2D eigenvalue weighted by atomic mass is 10.2. The Labute approximate surface area is 90.3 Å². The van der Waals surface area contributed by atoms with E-state index >= 15 is 0 Å². The van der Waals surface area contributed by atoms with Crippen LogP contribution in [-0.2, 0) is 11.2 Å². The number of hydrogen-bond donors (Lipinski definition) is 1. The van der Waals surface area contributed by atoms with Crippen molar-refractivity contribution in [2.24, 2.45) is 0 Å². The largest absolute Gasteiger partial charge is 0.481 e. The molecule has 15 heavy (non-hydrogen) atoms. The van der Waals surface area contributed by atoms with E-state index in [0.29, 0.717) is 17.2 Å². The van der Waals surface area contributed by atoms with Crippen LogP contribution in [0.3, 0.4) is 0 Å². The van der Waals surface area contributed by atoms with Crippen molar-refractivity contribution in [3.8, 4) is 0 Å². The number of aliphatic carboxylic acids is 1. The molecule has 0 bridgehead atoms. The normalized spacial score (nSPS) is 10.7.